The van der Waals surface area contributed by atoms with Crippen LogP contribution in [0.2, 0.25) is 0 Å². The molecule has 30 heavy (non-hydrogen) atoms. The van der Waals surface area contributed by atoms with Crippen LogP contribution in [0, 0.1) is 13.8 Å². The van der Waals surface area contributed by atoms with Gasteiger partial charge in [0.1, 0.15) is 5.75 Å². The molecule has 0 bridgehead atoms. The fourth-order valence-corrected chi connectivity index (χ4v) is 3.54. The summed E-state index contributed by atoms with van der Waals surface area (Å²) in [6.07, 6.45) is 1.57. The highest BCUT2D eigenvalue weighted by atomic mass is 32.2. The van der Waals surface area contributed by atoms with E-state index in [9.17, 15) is 9.59 Å². The molecule has 0 aliphatic rings. The van der Waals surface area contributed by atoms with Crippen LogP contribution in [-0.2, 0) is 15.3 Å². The number of rotatable bonds is 10. The first-order valence-electron chi connectivity index (χ1n) is 9.81. The number of ether oxygens (including phenoxy) is 1. The number of aryl methyl sites for hydroxylation is 2. The summed E-state index contributed by atoms with van der Waals surface area (Å²) in [5, 5.41) is 6.75. The van der Waals surface area contributed by atoms with Crippen molar-refractivity contribution in [3.05, 3.63) is 64.7 Å². The van der Waals surface area contributed by atoms with E-state index in [1.807, 2.05) is 13.8 Å². The molecule has 2 amide bonds. The fraction of sp³-hybridized carbons (Fsp3) is 0.348. The molecule has 0 heterocycles. The summed E-state index contributed by atoms with van der Waals surface area (Å²) in [7, 11) is 0. The molecule has 0 atom stereocenters. The molecule has 2 aromatic carbocycles. The predicted molar refractivity (Wildman–Crippen MR) is 123 cm³/mol. The lowest BCUT2D eigenvalue weighted by atomic mass is 10.1. The van der Waals surface area contributed by atoms with Crippen molar-refractivity contribution in [1.29, 1.82) is 0 Å². The summed E-state index contributed by atoms with van der Waals surface area (Å²) >= 11 is 1.56. The van der Waals surface area contributed by atoms with Gasteiger partial charge in [0, 0.05) is 11.8 Å². The molecule has 6 nitrogen and oxygen atoms in total. The molecular weight excluding hydrogens is 398 g/mol. The summed E-state index contributed by atoms with van der Waals surface area (Å²) in [5.74, 6) is 1.43. The van der Waals surface area contributed by atoms with Gasteiger partial charge in [-0.25, -0.2) is 5.43 Å². The number of amides is 2. The van der Waals surface area contributed by atoms with E-state index in [1.165, 1.54) is 16.7 Å². The molecule has 7 heteroatoms. The Morgan fingerprint density at radius 3 is 2.37 bits per heavy atom. The van der Waals surface area contributed by atoms with Gasteiger partial charge >= 0.3 is 0 Å². The minimum Gasteiger partial charge on any atom is -0.484 e. The third-order valence-electron chi connectivity index (χ3n) is 3.89. The first-order valence-corrected chi connectivity index (χ1v) is 11.0. The number of benzene rings is 2. The smallest absolute Gasteiger partial charge is 0.258 e. The zero-order valence-electron chi connectivity index (χ0n) is 17.9. The molecule has 2 aromatic rings. The Morgan fingerprint density at radius 2 is 1.73 bits per heavy atom. The van der Waals surface area contributed by atoms with Gasteiger partial charge in [-0.05, 0) is 63.1 Å². The number of thioether (sulfide) groups is 1. The standard InChI is InChI=1S/C23H29N3O3S/c1-16(2)25-22(27)13-29-21-7-5-19(6-8-21)12-24-26-23(28)15-30-14-20-10-17(3)9-18(4)11-20/h5-12,16H,13-15H2,1-4H3,(H,25,27)(H,26,28)/b24-12-. The molecule has 0 fully saturated rings. The van der Waals surface area contributed by atoms with E-state index in [1.54, 1.807) is 42.2 Å². The van der Waals surface area contributed by atoms with Gasteiger partial charge in [-0.2, -0.15) is 5.10 Å². The normalized spacial score (nSPS) is 11.0. The quantitative estimate of drug-likeness (QED) is 0.449. The molecule has 0 saturated carbocycles. The van der Waals surface area contributed by atoms with Gasteiger partial charge < -0.3 is 10.1 Å². The second-order valence-corrected chi connectivity index (χ2v) is 8.35. The Morgan fingerprint density at radius 1 is 1.07 bits per heavy atom. The molecular formula is C23H29N3O3S. The SMILES string of the molecule is Cc1cc(C)cc(CSCC(=O)N/N=C\c2ccc(OCC(=O)NC(C)C)cc2)c1. The molecule has 0 unspecified atom stereocenters. The molecule has 160 valence electrons. The number of nitrogens with one attached hydrogen (secondary N) is 2. The molecule has 2 N–H and O–H groups in total. The van der Waals surface area contributed by atoms with Gasteiger partial charge in [0.05, 0.1) is 12.0 Å². The van der Waals surface area contributed by atoms with Crippen molar-refractivity contribution in [3.8, 4) is 5.75 Å². The zero-order chi connectivity index (χ0) is 21.9. The van der Waals surface area contributed by atoms with E-state index in [0.29, 0.717) is 11.5 Å². The van der Waals surface area contributed by atoms with E-state index in [-0.39, 0.29) is 24.5 Å². The molecule has 2 rings (SSSR count). The number of carbonyl (C=O) groups is 2. The van der Waals surface area contributed by atoms with E-state index in [4.69, 9.17) is 4.74 Å². The summed E-state index contributed by atoms with van der Waals surface area (Å²) < 4.78 is 5.43. The molecule has 0 radical (unpaired) electrons. The maximum atomic E-state index is 11.9. The maximum Gasteiger partial charge on any atom is 0.258 e. The Kier molecular flexibility index (Phi) is 9.41. The van der Waals surface area contributed by atoms with Crippen molar-refractivity contribution in [2.45, 2.75) is 39.5 Å². The zero-order valence-corrected chi connectivity index (χ0v) is 18.7. The average molecular weight is 428 g/mol. The topological polar surface area (TPSA) is 79.8 Å². The van der Waals surface area contributed by atoms with Crippen LogP contribution >= 0.6 is 11.8 Å². The third kappa shape index (κ3) is 9.13. The van der Waals surface area contributed by atoms with Crippen LogP contribution in [0.4, 0.5) is 0 Å². The van der Waals surface area contributed by atoms with Crippen LogP contribution in [0.1, 0.15) is 36.1 Å². The minimum absolute atomic E-state index is 0.0263. The number of nitrogens with zero attached hydrogens (tertiary/aromatic N) is 1. The van der Waals surface area contributed by atoms with E-state index >= 15 is 0 Å². The number of carbonyl (C=O) groups excluding carboxylic acids is 2. The first-order chi connectivity index (χ1) is 14.3. The van der Waals surface area contributed by atoms with Gasteiger partial charge in [0.2, 0.25) is 5.91 Å². The number of hydrogen-bond acceptors (Lipinski definition) is 5. The van der Waals surface area contributed by atoms with Crippen LogP contribution in [0.3, 0.4) is 0 Å². The van der Waals surface area contributed by atoms with Crippen molar-refractivity contribution in [1.82, 2.24) is 10.7 Å². The highest BCUT2D eigenvalue weighted by Crippen LogP contribution is 2.15. The van der Waals surface area contributed by atoms with Crippen molar-refractivity contribution in [3.63, 3.8) is 0 Å². The lowest BCUT2D eigenvalue weighted by Gasteiger charge is -2.09. The largest absolute Gasteiger partial charge is 0.484 e. The molecule has 0 spiro atoms. The first kappa shape index (κ1) is 23.5. The molecule has 0 saturated heterocycles. The maximum absolute atomic E-state index is 11.9. The van der Waals surface area contributed by atoms with Crippen LogP contribution in [0.15, 0.2) is 47.6 Å². The summed E-state index contributed by atoms with van der Waals surface area (Å²) in [6, 6.07) is 13.6. The van der Waals surface area contributed by atoms with Crippen molar-refractivity contribution >= 4 is 29.8 Å². The van der Waals surface area contributed by atoms with Crippen LogP contribution < -0.4 is 15.5 Å². The minimum atomic E-state index is -0.159. The van der Waals surface area contributed by atoms with Gasteiger partial charge in [-0.15, -0.1) is 11.8 Å². The summed E-state index contributed by atoms with van der Waals surface area (Å²) in [4.78, 5) is 23.5. The fourth-order valence-electron chi connectivity index (χ4n) is 2.79. The van der Waals surface area contributed by atoms with Gasteiger partial charge in [-0.1, -0.05) is 29.3 Å². The van der Waals surface area contributed by atoms with Crippen LogP contribution in [0.5, 0.6) is 5.75 Å². The van der Waals surface area contributed by atoms with Crippen LogP contribution in [-0.4, -0.2) is 36.4 Å². The highest BCUT2D eigenvalue weighted by molar-refractivity contribution is 7.99. The molecule has 0 aliphatic carbocycles. The highest BCUT2D eigenvalue weighted by Gasteiger charge is 2.04. The van der Waals surface area contributed by atoms with E-state index < -0.39 is 0 Å². The summed E-state index contributed by atoms with van der Waals surface area (Å²) in [6.45, 7) is 7.92. The number of hydrazone groups is 1. The monoisotopic (exact) mass is 427 g/mol. The van der Waals surface area contributed by atoms with Crippen molar-refractivity contribution in [2.75, 3.05) is 12.4 Å². The van der Waals surface area contributed by atoms with Gasteiger partial charge in [0.15, 0.2) is 6.61 Å². The molecule has 0 aliphatic heterocycles. The average Bonchev–Trinajstić information content (AvgIpc) is 2.66. The van der Waals surface area contributed by atoms with Gasteiger partial charge in [0.25, 0.3) is 5.91 Å². The lowest BCUT2D eigenvalue weighted by molar-refractivity contribution is -0.123. The Bertz CT molecular complexity index is 860. The molecule has 0 aromatic heterocycles. The predicted octanol–water partition coefficient (Wildman–Crippen LogP) is 3.59. The van der Waals surface area contributed by atoms with E-state index in [0.717, 1.165) is 11.3 Å². The number of hydrogen-bond donors (Lipinski definition) is 2. The Balaban J connectivity index is 1.70. The summed E-state index contributed by atoms with van der Waals surface area (Å²) in [5.41, 5.74) is 7.04. The second kappa shape index (κ2) is 12.0. The Hall–Kier alpha value is -2.80. The second-order valence-electron chi connectivity index (χ2n) is 7.36. The van der Waals surface area contributed by atoms with Gasteiger partial charge in [-0.3, -0.25) is 9.59 Å². The van der Waals surface area contributed by atoms with Crippen LogP contribution in [0.25, 0.3) is 0 Å². The van der Waals surface area contributed by atoms with Crippen molar-refractivity contribution < 1.29 is 14.3 Å². The van der Waals surface area contributed by atoms with E-state index in [2.05, 4.69) is 47.9 Å². The lowest BCUT2D eigenvalue weighted by Crippen LogP contribution is -2.34. The Labute approximate surface area is 182 Å². The van der Waals surface area contributed by atoms with Crippen molar-refractivity contribution in [2.24, 2.45) is 5.10 Å². The third-order valence-corrected chi connectivity index (χ3v) is 4.89.